The van der Waals surface area contributed by atoms with Gasteiger partial charge in [0.25, 0.3) is 0 Å². The predicted molar refractivity (Wildman–Crippen MR) is 66.2 cm³/mol. The van der Waals surface area contributed by atoms with E-state index in [2.05, 4.69) is 15.3 Å². The molecule has 0 saturated carbocycles. The number of hydrogen-bond acceptors (Lipinski definition) is 5. The lowest BCUT2D eigenvalue weighted by molar-refractivity contribution is 0.0491. The first-order chi connectivity index (χ1) is 8.28. The highest BCUT2D eigenvalue weighted by molar-refractivity contribution is 6.28. The summed E-state index contributed by atoms with van der Waals surface area (Å²) in [4.78, 5) is 18.8. The maximum atomic E-state index is 11.4. The largest absolute Gasteiger partial charge is 0.444 e. The lowest BCUT2D eigenvalue weighted by atomic mass is 10.2. The number of carbonyl (C=O) groups is 1. The van der Waals surface area contributed by atoms with E-state index in [4.69, 9.17) is 16.3 Å². The minimum atomic E-state index is -0.908. The van der Waals surface area contributed by atoms with Crippen LogP contribution < -0.4 is 5.32 Å². The Morgan fingerprint density at radius 1 is 1.50 bits per heavy atom. The number of alkyl carbamates (subject to hydrolysis) is 1. The number of hydrogen-bond donors (Lipinski definition) is 2. The minimum Gasteiger partial charge on any atom is -0.444 e. The number of aromatic nitrogens is 2. The molecule has 0 saturated heterocycles. The molecule has 1 rings (SSSR count). The molecule has 0 fully saturated rings. The summed E-state index contributed by atoms with van der Waals surface area (Å²) >= 11 is 5.52. The number of aliphatic hydroxyl groups excluding tert-OH is 1. The van der Waals surface area contributed by atoms with Crippen LogP contribution >= 0.6 is 11.6 Å². The highest BCUT2D eigenvalue weighted by Gasteiger charge is 2.17. The van der Waals surface area contributed by atoms with Crippen LogP contribution in [-0.4, -0.2) is 33.3 Å². The lowest BCUT2D eigenvalue weighted by Crippen LogP contribution is -2.34. The molecule has 0 bridgehead atoms. The highest BCUT2D eigenvalue weighted by atomic mass is 35.5. The van der Waals surface area contributed by atoms with Crippen molar-refractivity contribution in [3.63, 3.8) is 0 Å². The molecule has 0 radical (unpaired) electrons. The Morgan fingerprint density at radius 2 is 2.06 bits per heavy atom. The van der Waals surface area contributed by atoms with Crippen molar-refractivity contribution < 1.29 is 14.6 Å². The zero-order valence-electron chi connectivity index (χ0n) is 10.5. The molecule has 1 amide bonds. The summed E-state index contributed by atoms with van der Waals surface area (Å²) in [6, 6.07) is 0. The summed E-state index contributed by atoms with van der Waals surface area (Å²) in [7, 11) is 0. The molecular formula is C11H16ClN3O3. The third-order valence-electron chi connectivity index (χ3n) is 1.86. The molecule has 0 spiro atoms. The van der Waals surface area contributed by atoms with Crippen LogP contribution in [-0.2, 0) is 4.74 Å². The normalized spacial score (nSPS) is 12.9. The molecule has 7 heteroatoms. The Balaban J connectivity index is 2.44. The number of nitrogens with one attached hydrogen (secondary N) is 1. The number of ether oxygens (including phenoxy) is 1. The van der Waals surface area contributed by atoms with Gasteiger partial charge < -0.3 is 15.2 Å². The Bertz CT molecular complexity index is 403. The van der Waals surface area contributed by atoms with Gasteiger partial charge in [-0.3, -0.25) is 0 Å². The molecule has 18 heavy (non-hydrogen) atoms. The molecule has 1 aromatic heterocycles. The van der Waals surface area contributed by atoms with E-state index >= 15 is 0 Å². The fourth-order valence-corrected chi connectivity index (χ4v) is 1.20. The quantitative estimate of drug-likeness (QED) is 0.819. The van der Waals surface area contributed by atoms with Crippen LogP contribution in [0.2, 0.25) is 5.28 Å². The minimum absolute atomic E-state index is 0.0138. The summed E-state index contributed by atoms with van der Waals surface area (Å²) in [5.74, 6) is 0. The van der Waals surface area contributed by atoms with Gasteiger partial charge >= 0.3 is 6.09 Å². The van der Waals surface area contributed by atoms with E-state index in [1.165, 1.54) is 12.4 Å². The van der Waals surface area contributed by atoms with Crippen molar-refractivity contribution in [2.75, 3.05) is 6.54 Å². The molecular weight excluding hydrogens is 258 g/mol. The summed E-state index contributed by atoms with van der Waals surface area (Å²) < 4.78 is 5.03. The zero-order chi connectivity index (χ0) is 13.8. The molecule has 1 atom stereocenters. The lowest BCUT2D eigenvalue weighted by Gasteiger charge is -2.20. The molecule has 1 aromatic rings. The van der Waals surface area contributed by atoms with E-state index in [9.17, 15) is 9.90 Å². The SMILES string of the molecule is CC(C)(C)OC(=O)NC[C@@H](O)c1cnc(Cl)nc1. The van der Waals surface area contributed by atoms with Gasteiger partial charge in [-0.1, -0.05) is 0 Å². The van der Waals surface area contributed by atoms with Crippen molar-refractivity contribution in [3.8, 4) is 0 Å². The highest BCUT2D eigenvalue weighted by Crippen LogP contribution is 2.11. The predicted octanol–water partition coefficient (Wildman–Crippen LogP) is 1.69. The van der Waals surface area contributed by atoms with Crippen LogP contribution in [0.1, 0.15) is 32.4 Å². The fraction of sp³-hybridized carbons (Fsp3) is 0.545. The van der Waals surface area contributed by atoms with E-state index in [1.54, 1.807) is 20.8 Å². The second-order valence-electron chi connectivity index (χ2n) is 4.68. The molecule has 6 nitrogen and oxygen atoms in total. The maximum Gasteiger partial charge on any atom is 0.407 e. The van der Waals surface area contributed by atoms with Crippen LogP contribution in [0.5, 0.6) is 0 Å². The van der Waals surface area contributed by atoms with Crippen molar-refractivity contribution in [2.24, 2.45) is 0 Å². The summed E-state index contributed by atoms with van der Waals surface area (Å²) in [6.07, 6.45) is 1.30. The first-order valence-corrected chi connectivity index (χ1v) is 5.78. The van der Waals surface area contributed by atoms with Gasteiger partial charge in [-0.25, -0.2) is 14.8 Å². The second kappa shape index (κ2) is 5.97. The number of nitrogens with zero attached hydrogens (tertiary/aromatic N) is 2. The molecule has 100 valence electrons. The van der Waals surface area contributed by atoms with E-state index < -0.39 is 17.8 Å². The average Bonchev–Trinajstić information content (AvgIpc) is 2.24. The van der Waals surface area contributed by atoms with E-state index in [-0.39, 0.29) is 11.8 Å². The monoisotopic (exact) mass is 273 g/mol. The molecule has 2 N–H and O–H groups in total. The Morgan fingerprint density at radius 3 is 2.56 bits per heavy atom. The van der Waals surface area contributed by atoms with Gasteiger partial charge in [-0.05, 0) is 32.4 Å². The van der Waals surface area contributed by atoms with Gasteiger partial charge in [-0.15, -0.1) is 0 Å². The standard InChI is InChI=1S/C11H16ClN3O3/c1-11(2,3)18-10(17)15-6-8(16)7-4-13-9(12)14-5-7/h4-5,8,16H,6H2,1-3H3,(H,15,17)/t8-/m1/s1. The third kappa shape index (κ3) is 5.29. The fourth-order valence-electron chi connectivity index (χ4n) is 1.11. The summed E-state index contributed by atoms with van der Waals surface area (Å²) in [5, 5.41) is 12.3. The van der Waals surface area contributed by atoms with Gasteiger partial charge in [0, 0.05) is 18.0 Å². The Labute approximate surface area is 110 Å². The number of rotatable bonds is 3. The number of amides is 1. The van der Waals surface area contributed by atoms with Gasteiger partial charge in [0.15, 0.2) is 0 Å². The van der Waals surface area contributed by atoms with Gasteiger partial charge in [0.05, 0.1) is 12.6 Å². The third-order valence-corrected chi connectivity index (χ3v) is 2.06. The topological polar surface area (TPSA) is 84.3 Å². The Hall–Kier alpha value is -1.40. The first kappa shape index (κ1) is 14.7. The van der Waals surface area contributed by atoms with E-state index in [0.717, 1.165) is 0 Å². The molecule has 0 unspecified atom stereocenters. The average molecular weight is 274 g/mol. The van der Waals surface area contributed by atoms with Gasteiger partial charge in [0.2, 0.25) is 5.28 Å². The molecule has 0 aliphatic rings. The Kier molecular flexibility index (Phi) is 4.86. The molecule has 0 aromatic carbocycles. The molecule has 1 heterocycles. The zero-order valence-corrected chi connectivity index (χ0v) is 11.2. The number of aliphatic hydroxyl groups is 1. The van der Waals surface area contributed by atoms with Crippen molar-refractivity contribution in [2.45, 2.75) is 32.5 Å². The smallest absolute Gasteiger partial charge is 0.407 e. The van der Waals surface area contributed by atoms with E-state index in [1.807, 2.05) is 0 Å². The number of carbonyl (C=O) groups excluding carboxylic acids is 1. The van der Waals surface area contributed by atoms with Crippen LogP contribution in [0, 0.1) is 0 Å². The van der Waals surface area contributed by atoms with Crippen LogP contribution in [0.3, 0.4) is 0 Å². The van der Waals surface area contributed by atoms with Gasteiger partial charge in [-0.2, -0.15) is 0 Å². The van der Waals surface area contributed by atoms with Crippen molar-refractivity contribution >= 4 is 17.7 Å². The maximum absolute atomic E-state index is 11.4. The van der Waals surface area contributed by atoms with Crippen molar-refractivity contribution in [3.05, 3.63) is 23.2 Å². The van der Waals surface area contributed by atoms with Crippen LogP contribution in [0.25, 0.3) is 0 Å². The van der Waals surface area contributed by atoms with Crippen molar-refractivity contribution in [1.29, 1.82) is 0 Å². The van der Waals surface area contributed by atoms with Crippen LogP contribution in [0.15, 0.2) is 12.4 Å². The van der Waals surface area contributed by atoms with E-state index in [0.29, 0.717) is 5.56 Å². The molecule has 0 aliphatic carbocycles. The van der Waals surface area contributed by atoms with Gasteiger partial charge in [0.1, 0.15) is 5.60 Å². The van der Waals surface area contributed by atoms with Crippen LogP contribution in [0.4, 0.5) is 4.79 Å². The summed E-state index contributed by atoms with van der Waals surface area (Å²) in [5.41, 5.74) is -0.103. The summed E-state index contributed by atoms with van der Waals surface area (Å²) in [6.45, 7) is 5.29. The first-order valence-electron chi connectivity index (χ1n) is 5.40. The second-order valence-corrected chi connectivity index (χ2v) is 5.02. The number of halogens is 1. The van der Waals surface area contributed by atoms with Crippen molar-refractivity contribution in [1.82, 2.24) is 15.3 Å². The molecule has 0 aliphatic heterocycles.